The zero-order chi connectivity index (χ0) is 16.3. The van der Waals surface area contributed by atoms with E-state index in [2.05, 4.69) is 10.6 Å². The van der Waals surface area contributed by atoms with Gasteiger partial charge in [0.1, 0.15) is 0 Å². The Morgan fingerprint density at radius 3 is 2.83 bits per heavy atom. The van der Waals surface area contributed by atoms with Crippen molar-refractivity contribution in [2.24, 2.45) is 5.41 Å². The van der Waals surface area contributed by atoms with Crippen LogP contribution in [0.5, 0.6) is 0 Å². The molecule has 4 nitrogen and oxygen atoms in total. The molecule has 2 amide bonds. The topological polar surface area (TPSA) is 50.4 Å². The van der Waals surface area contributed by atoms with Gasteiger partial charge in [0.05, 0.1) is 5.69 Å². The summed E-state index contributed by atoms with van der Waals surface area (Å²) in [7, 11) is 0. The molecule has 126 valence electrons. The third kappa shape index (κ3) is 3.50. The summed E-state index contributed by atoms with van der Waals surface area (Å²) in [4.78, 5) is 13.7. The van der Waals surface area contributed by atoms with Gasteiger partial charge in [-0.2, -0.15) is 0 Å². The third-order valence-electron chi connectivity index (χ3n) is 5.39. The largest absolute Gasteiger partial charge is 0.381 e. The first kappa shape index (κ1) is 16.7. The van der Waals surface area contributed by atoms with E-state index < -0.39 is 0 Å². The molecule has 1 spiro atoms. The Morgan fingerprint density at radius 2 is 2.09 bits per heavy atom. The van der Waals surface area contributed by atoms with Gasteiger partial charge in [-0.15, -0.1) is 11.8 Å². The van der Waals surface area contributed by atoms with Crippen LogP contribution in [0.25, 0.3) is 0 Å². The molecule has 23 heavy (non-hydrogen) atoms. The SMILES string of the molecule is CSc1cccc(C)c1NC(=O)N[C@H]1CCCC12CCOCC2. The van der Waals surface area contributed by atoms with E-state index in [9.17, 15) is 4.79 Å². The molecule has 1 aromatic carbocycles. The third-order valence-corrected chi connectivity index (χ3v) is 6.17. The lowest BCUT2D eigenvalue weighted by Gasteiger charge is -2.39. The number of ether oxygens (including phenoxy) is 1. The van der Waals surface area contributed by atoms with Gasteiger partial charge < -0.3 is 15.4 Å². The molecule has 2 N–H and O–H groups in total. The van der Waals surface area contributed by atoms with Gasteiger partial charge >= 0.3 is 6.03 Å². The van der Waals surface area contributed by atoms with Crippen LogP contribution in [-0.4, -0.2) is 31.5 Å². The Bertz CT molecular complexity index is 570. The maximum absolute atomic E-state index is 12.6. The van der Waals surface area contributed by atoms with Crippen molar-refractivity contribution in [3.63, 3.8) is 0 Å². The van der Waals surface area contributed by atoms with Gasteiger partial charge in [0.25, 0.3) is 0 Å². The van der Waals surface area contributed by atoms with Crippen molar-refractivity contribution in [2.45, 2.75) is 50.0 Å². The fourth-order valence-corrected chi connectivity index (χ4v) is 4.65. The number of carbonyl (C=O) groups excluding carboxylic acids is 1. The van der Waals surface area contributed by atoms with E-state index in [1.54, 1.807) is 11.8 Å². The summed E-state index contributed by atoms with van der Waals surface area (Å²) >= 11 is 1.66. The predicted octanol–water partition coefficient (Wildman–Crippen LogP) is 4.19. The van der Waals surface area contributed by atoms with Crippen LogP contribution in [0.4, 0.5) is 10.5 Å². The van der Waals surface area contributed by atoms with Crippen LogP contribution >= 0.6 is 11.8 Å². The van der Waals surface area contributed by atoms with Gasteiger partial charge in [-0.3, -0.25) is 0 Å². The molecule has 0 bridgehead atoms. The molecule has 2 fully saturated rings. The minimum absolute atomic E-state index is 0.0765. The van der Waals surface area contributed by atoms with Crippen LogP contribution < -0.4 is 10.6 Å². The zero-order valence-corrected chi connectivity index (χ0v) is 14.8. The highest BCUT2D eigenvalue weighted by Gasteiger charge is 2.44. The van der Waals surface area contributed by atoms with Crippen molar-refractivity contribution in [1.29, 1.82) is 0 Å². The number of hydrogen-bond acceptors (Lipinski definition) is 3. The van der Waals surface area contributed by atoms with Crippen molar-refractivity contribution >= 4 is 23.5 Å². The molecular formula is C18H26N2O2S. The summed E-state index contributed by atoms with van der Waals surface area (Å²) < 4.78 is 5.52. The number of thioether (sulfide) groups is 1. The first-order valence-electron chi connectivity index (χ1n) is 8.43. The van der Waals surface area contributed by atoms with Gasteiger partial charge in [0.15, 0.2) is 0 Å². The maximum Gasteiger partial charge on any atom is 0.319 e. The average Bonchev–Trinajstić information content (AvgIpc) is 2.92. The summed E-state index contributed by atoms with van der Waals surface area (Å²) in [6, 6.07) is 6.30. The molecule has 0 unspecified atom stereocenters. The highest BCUT2D eigenvalue weighted by atomic mass is 32.2. The molecule has 1 aliphatic heterocycles. The number of nitrogens with one attached hydrogen (secondary N) is 2. The van der Waals surface area contributed by atoms with Crippen LogP contribution in [0.2, 0.25) is 0 Å². The quantitative estimate of drug-likeness (QED) is 0.815. The Hall–Kier alpha value is -1.20. The maximum atomic E-state index is 12.6. The second-order valence-corrected chi connectivity index (χ2v) is 7.52. The van der Waals surface area contributed by atoms with E-state index in [1.807, 2.05) is 31.4 Å². The van der Waals surface area contributed by atoms with Crippen molar-refractivity contribution in [3.8, 4) is 0 Å². The molecule has 1 atom stereocenters. The minimum Gasteiger partial charge on any atom is -0.381 e. The number of carbonyl (C=O) groups is 1. The average molecular weight is 334 g/mol. The number of rotatable bonds is 3. The number of benzene rings is 1. The molecule has 1 saturated carbocycles. The number of para-hydroxylation sites is 1. The fourth-order valence-electron chi connectivity index (χ4n) is 4.02. The van der Waals surface area contributed by atoms with Crippen LogP contribution in [0.1, 0.15) is 37.7 Å². The standard InChI is InChI=1S/C18H26N2O2S/c1-13-5-3-6-14(23-2)16(13)20-17(21)19-15-7-4-8-18(15)9-11-22-12-10-18/h3,5-6,15H,4,7-12H2,1-2H3,(H2,19,20,21)/t15-/m0/s1. The van der Waals surface area contributed by atoms with E-state index >= 15 is 0 Å². The smallest absolute Gasteiger partial charge is 0.319 e. The molecule has 0 aromatic heterocycles. The van der Waals surface area contributed by atoms with Crippen LogP contribution in [0, 0.1) is 12.3 Å². The van der Waals surface area contributed by atoms with Crippen molar-refractivity contribution in [3.05, 3.63) is 23.8 Å². The number of aryl methyl sites for hydroxylation is 1. The lowest BCUT2D eigenvalue weighted by Crippen LogP contribution is -2.48. The van der Waals surface area contributed by atoms with Gasteiger partial charge in [-0.05, 0) is 55.9 Å². The van der Waals surface area contributed by atoms with Crippen molar-refractivity contribution in [1.82, 2.24) is 5.32 Å². The minimum atomic E-state index is -0.0765. The number of hydrogen-bond donors (Lipinski definition) is 2. The second-order valence-electron chi connectivity index (χ2n) is 6.67. The highest BCUT2D eigenvalue weighted by molar-refractivity contribution is 7.98. The van der Waals surface area contributed by atoms with E-state index in [0.717, 1.165) is 48.6 Å². The molecule has 1 heterocycles. The van der Waals surface area contributed by atoms with E-state index in [-0.39, 0.29) is 17.5 Å². The van der Waals surface area contributed by atoms with Crippen molar-refractivity contribution < 1.29 is 9.53 Å². The van der Waals surface area contributed by atoms with Gasteiger partial charge in [-0.25, -0.2) is 4.79 Å². The number of amides is 2. The van der Waals surface area contributed by atoms with Crippen LogP contribution in [-0.2, 0) is 4.74 Å². The summed E-state index contributed by atoms with van der Waals surface area (Å²) in [6.07, 6.45) is 7.66. The number of urea groups is 1. The summed E-state index contributed by atoms with van der Waals surface area (Å²) in [6.45, 7) is 3.69. The highest BCUT2D eigenvalue weighted by Crippen LogP contribution is 2.46. The first-order chi connectivity index (χ1) is 11.1. The summed E-state index contributed by atoms with van der Waals surface area (Å²) in [5.74, 6) is 0. The predicted molar refractivity (Wildman–Crippen MR) is 95.2 cm³/mol. The lowest BCUT2D eigenvalue weighted by atomic mass is 9.75. The number of anilines is 1. The molecule has 1 saturated heterocycles. The monoisotopic (exact) mass is 334 g/mol. The van der Waals surface area contributed by atoms with Crippen molar-refractivity contribution in [2.75, 3.05) is 24.8 Å². The van der Waals surface area contributed by atoms with Gasteiger partial charge in [-0.1, -0.05) is 18.6 Å². The van der Waals surface area contributed by atoms with Gasteiger partial charge in [0.2, 0.25) is 0 Å². The Balaban J connectivity index is 1.68. The molecule has 1 aromatic rings. The summed E-state index contributed by atoms with van der Waals surface area (Å²) in [5, 5.41) is 6.33. The molecular weight excluding hydrogens is 308 g/mol. The second kappa shape index (κ2) is 7.14. The van der Waals surface area contributed by atoms with E-state index in [1.165, 1.54) is 12.8 Å². The first-order valence-corrected chi connectivity index (χ1v) is 9.66. The summed E-state index contributed by atoms with van der Waals surface area (Å²) in [5.41, 5.74) is 2.28. The Kier molecular flexibility index (Phi) is 5.17. The lowest BCUT2D eigenvalue weighted by molar-refractivity contribution is 0.00652. The molecule has 3 rings (SSSR count). The fraction of sp³-hybridized carbons (Fsp3) is 0.611. The normalized spacial score (nSPS) is 23.0. The van der Waals surface area contributed by atoms with Crippen LogP contribution in [0.15, 0.2) is 23.1 Å². The van der Waals surface area contributed by atoms with E-state index in [4.69, 9.17) is 4.74 Å². The molecule has 1 aliphatic carbocycles. The Morgan fingerprint density at radius 1 is 1.30 bits per heavy atom. The molecule has 2 aliphatic rings. The van der Waals surface area contributed by atoms with E-state index in [0.29, 0.717) is 0 Å². The molecule has 0 radical (unpaired) electrons. The van der Waals surface area contributed by atoms with Gasteiger partial charge in [0, 0.05) is 24.2 Å². The van der Waals surface area contributed by atoms with Crippen LogP contribution in [0.3, 0.4) is 0 Å². The Labute approximate surface area is 142 Å². The zero-order valence-electron chi connectivity index (χ0n) is 14.0. The molecule has 5 heteroatoms.